The van der Waals surface area contributed by atoms with E-state index in [1.54, 1.807) is 6.33 Å². The Balaban J connectivity index is 1.41. The number of hydrogen-bond donors (Lipinski definition) is 3. The van der Waals surface area contributed by atoms with E-state index in [-0.39, 0.29) is 11.9 Å². The van der Waals surface area contributed by atoms with E-state index in [1.165, 1.54) is 32.4 Å². The summed E-state index contributed by atoms with van der Waals surface area (Å²) in [7, 11) is 0. The molecule has 1 amide bonds. The molecule has 1 saturated heterocycles. The Bertz CT molecular complexity index is 452. The molecule has 1 fully saturated rings. The summed E-state index contributed by atoms with van der Waals surface area (Å²) in [6, 6.07) is -0.146. The molecule has 0 aliphatic carbocycles. The van der Waals surface area contributed by atoms with Crippen molar-refractivity contribution < 1.29 is 4.79 Å². The first-order valence-electron chi connectivity index (χ1n) is 7.57. The number of aromatic amines is 1. The first-order valence-corrected chi connectivity index (χ1v) is 7.57. The van der Waals surface area contributed by atoms with Gasteiger partial charge in [0.05, 0.1) is 23.8 Å². The van der Waals surface area contributed by atoms with Gasteiger partial charge in [0.15, 0.2) is 0 Å². The Hall–Kier alpha value is -1.40. The molecule has 3 N–H and O–H groups in total. The lowest BCUT2D eigenvalue weighted by Crippen LogP contribution is -2.49. The second-order valence-corrected chi connectivity index (χ2v) is 5.66. The van der Waals surface area contributed by atoms with Crippen molar-refractivity contribution in [1.29, 1.82) is 0 Å². The van der Waals surface area contributed by atoms with Crippen LogP contribution in [0, 0.1) is 0 Å². The van der Waals surface area contributed by atoms with Crippen molar-refractivity contribution in [3.8, 4) is 0 Å². The van der Waals surface area contributed by atoms with Gasteiger partial charge in [-0.15, -0.1) is 0 Å². The maximum absolute atomic E-state index is 12.1. The van der Waals surface area contributed by atoms with Crippen LogP contribution in [0.5, 0.6) is 0 Å². The molecule has 0 spiro atoms. The van der Waals surface area contributed by atoms with Gasteiger partial charge >= 0.3 is 0 Å². The lowest BCUT2D eigenvalue weighted by atomic mass is 10.0. The average Bonchev–Trinajstić information content (AvgIpc) is 2.95. The van der Waals surface area contributed by atoms with Crippen molar-refractivity contribution in [2.75, 3.05) is 26.2 Å². The Morgan fingerprint density at radius 2 is 2.25 bits per heavy atom. The zero-order valence-electron chi connectivity index (χ0n) is 11.8. The van der Waals surface area contributed by atoms with E-state index in [0.717, 1.165) is 24.5 Å². The summed E-state index contributed by atoms with van der Waals surface area (Å²) in [5.41, 5.74) is 2.11. The third-order valence-corrected chi connectivity index (χ3v) is 4.22. The van der Waals surface area contributed by atoms with Gasteiger partial charge in [-0.2, -0.15) is 0 Å². The molecule has 6 nitrogen and oxygen atoms in total. The van der Waals surface area contributed by atoms with Gasteiger partial charge in [0.1, 0.15) is 0 Å². The highest BCUT2D eigenvalue weighted by Crippen LogP contribution is 2.12. The maximum Gasteiger partial charge on any atom is 0.237 e. The van der Waals surface area contributed by atoms with E-state index < -0.39 is 0 Å². The molecule has 3 heterocycles. The molecule has 0 bridgehead atoms. The minimum absolute atomic E-state index is 0.0932. The highest BCUT2D eigenvalue weighted by Gasteiger charge is 2.25. The summed E-state index contributed by atoms with van der Waals surface area (Å²) in [6.07, 6.45) is 6.30. The van der Waals surface area contributed by atoms with Crippen LogP contribution >= 0.6 is 0 Å². The van der Waals surface area contributed by atoms with E-state index in [9.17, 15) is 4.79 Å². The van der Waals surface area contributed by atoms with E-state index in [4.69, 9.17) is 0 Å². The van der Waals surface area contributed by atoms with Crippen LogP contribution in [0.1, 0.15) is 30.7 Å². The molecule has 0 radical (unpaired) electrons. The molecule has 3 rings (SSSR count). The first-order chi connectivity index (χ1) is 9.83. The molecule has 1 aromatic rings. The van der Waals surface area contributed by atoms with Crippen LogP contribution in [0.15, 0.2) is 6.33 Å². The van der Waals surface area contributed by atoms with Crippen molar-refractivity contribution in [1.82, 2.24) is 25.5 Å². The Morgan fingerprint density at radius 3 is 3.10 bits per heavy atom. The molecule has 2 aliphatic rings. The molecular formula is C14H23N5O. The second-order valence-electron chi connectivity index (χ2n) is 5.66. The third-order valence-electron chi connectivity index (χ3n) is 4.22. The number of amides is 1. The lowest BCUT2D eigenvalue weighted by molar-refractivity contribution is -0.123. The van der Waals surface area contributed by atoms with Crippen LogP contribution in [0.2, 0.25) is 0 Å². The van der Waals surface area contributed by atoms with Gasteiger partial charge < -0.3 is 15.2 Å². The molecule has 110 valence electrons. The molecule has 2 aliphatic heterocycles. The molecule has 0 saturated carbocycles. The van der Waals surface area contributed by atoms with E-state index in [0.29, 0.717) is 13.0 Å². The number of likely N-dealkylation sites (tertiary alicyclic amines) is 1. The number of rotatable bonds is 4. The third kappa shape index (κ3) is 3.19. The highest BCUT2D eigenvalue weighted by molar-refractivity contribution is 5.82. The summed E-state index contributed by atoms with van der Waals surface area (Å²) in [4.78, 5) is 21.9. The van der Waals surface area contributed by atoms with Crippen LogP contribution in [-0.4, -0.2) is 53.0 Å². The van der Waals surface area contributed by atoms with Crippen LogP contribution in [0.3, 0.4) is 0 Å². The van der Waals surface area contributed by atoms with E-state index in [2.05, 4.69) is 25.5 Å². The topological polar surface area (TPSA) is 73.0 Å². The number of imidazole rings is 1. The van der Waals surface area contributed by atoms with Crippen LogP contribution in [0.4, 0.5) is 0 Å². The van der Waals surface area contributed by atoms with Crippen molar-refractivity contribution in [2.24, 2.45) is 0 Å². The fraction of sp³-hybridized carbons (Fsp3) is 0.714. The lowest BCUT2D eigenvalue weighted by Gasteiger charge is -2.27. The molecule has 1 unspecified atom stereocenters. The number of carbonyl (C=O) groups is 1. The molecular weight excluding hydrogens is 254 g/mol. The van der Waals surface area contributed by atoms with E-state index in [1.807, 2.05) is 0 Å². The average molecular weight is 277 g/mol. The summed E-state index contributed by atoms with van der Waals surface area (Å²) < 4.78 is 0. The maximum atomic E-state index is 12.1. The number of H-pyrrole nitrogens is 1. The molecule has 1 aromatic heterocycles. The normalized spacial score (nSPS) is 23.3. The number of nitrogens with one attached hydrogen (secondary N) is 3. The molecule has 20 heavy (non-hydrogen) atoms. The van der Waals surface area contributed by atoms with Gasteiger partial charge in [0, 0.05) is 26.1 Å². The van der Waals surface area contributed by atoms with Gasteiger partial charge in [-0.3, -0.25) is 10.1 Å². The second kappa shape index (κ2) is 6.37. The van der Waals surface area contributed by atoms with Crippen LogP contribution in [0.25, 0.3) is 0 Å². The SMILES string of the molecule is O=C(NCCN1CCCCC1)C1Cc2nc[nH]c2CN1. The smallest absolute Gasteiger partial charge is 0.237 e. The predicted molar refractivity (Wildman–Crippen MR) is 76.2 cm³/mol. The van der Waals surface area contributed by atoms with Crippen molar-refractivity contribution in [2.45, 2.75) is 38.3 Å². The Morgan fingerprint density at radius 1 is 1.40 bits per heavy atom. The quantitative estimate of drug-likeness (QED) is 0.726. The number of fused-ring (bicyclic) bond motifs is 1. The Labute approximate surface area is 119 Å². The van der Waals surface area contributed by atoms with Crippen molar-refractivity contribution in [3.05, 3.63) is 17.7 Å². The molecule has 6 heteroatoms. The zero-order chi connectivity index (χ0) is 13.8. The van der Waals surface area contributed by atoms with Gasteiger partial charge in [-0.25, -0.2) is 4.98 Å². The fourth-order valence-corrected chi connectivity index (χ4v) is 3.00. The molecule has 0 aromatic carbocycles. The number of piperidine rings is 1. The summed E-state index contributed by atoms with van der Waals surface area (Å²) >= 11 is 0. The highest BCUT2D eigenvalue weighted by atomic mass is 16.2. The summed E-state index contributed by atoms with van der Waals surface area (Å²) in [5.74, 6) is 0.0932. The van der Waals surface area contributed by atoms with E-state index >= 15 is 0 Å². The standard InChI is InChI=1S/C14H23N5O/c20-14(15-4-7-19-5-2-1-3-6-19)12-8-11-13(9-16-12)18-10-17-11/h10,12,16H,1-9H2,(H,15,20)(H,17,18). The number of carbonyl (C=O) groups excluding carboxylic acids is 1. The number of aromatic nitrogens is 2. The minimum atomic E-state index is -0.146. The largest absolute Gasteiger partial charge is 0.353 e. The van der Waals surface area contributed by atoms with Gasteiger partial charge in [-0.1, -0.05) is 6.42 Å². The predicted octanol–water partition coefficient (Wildman–Crippen LogP) is 0.0261. The monoisotopic (exact) mass is 277 g/mol. The van der Waals surface area contributed by atoms with Gasteiger partial charge in [0.25, 0.3) is 0 Å². The Kier molecular flexibility index (Phi) is 4.32. The van der Waals surface area contributed by atoms with Gasteiger partial charge in [-0.05, 0) is 25.9 Å². The number of nitrogens with zero attached hydrogens (tertiary/aromatic N) is 2. The fourth-order valence-electron chi connectivity index (χ4n) is 3.00. The number of hydrogen-bond acceptors (Lipinski definition) is 4. The summed E-state index contributed by atoms with van der Waals surface area (Å²) in [6.45, 7) is 4.75. The van der Waals surface area contributed by atoms with Crippen LogP contribution < -0.4 is 10.6 Å². The van der Waals surface area contributed by atoms with Crippen LogP contribution in [-0.2, 0) is 17.8 Å². The van der Waals surface area contributed by atoms with Gasteiger partial charge in [0.2, 0.25) is 5.91 Å². The zero-order valence-corrected chi connectivity index (χ0v) is 11.8. The minimum Gasteiger partial charge on any atom is -0.353 e. The first kappa shape index (κ1) is 13.6. The summed E-state index contributed by atoms with van der Waals surface area (Å²) in [5, 5.41) is 6.29. The molecule has 1 atom stereocenters. The van der Waals surface area contributed by atoms with Crippen molar-refractivity contribution >= 4 is 5.91 Å². The van der Waals surface area contributed by atoms with Crippen molar-refractivity contribution in [3.63, 3.8) is 0 Å².